The van der Waals surface area contributed by atoms with Crippen LogP contribution in [0.15, 0.2) is 30.3 Å². The van der Waals surface area contributed by atoms with E-state index in [1.807, 2.05) is 18.0 Å². The van der Waals surface area contributed by atoms with E-state index >= 15 is 0 Å². The van der Waals surface area contributed by atoms with E-state index in [-0.39, 0.29) is 11.9 Å². The first kappa shape index (κ1) is 18.0. The van der Waals surface area contributed by atoms with Crippen molar-refractivity contribution in [3.63, 3.8) is 0 Å². The standard InChI is InChI=1S/C19H31N3O/c1-5-16(2)21-11-13-22(14-12-21)19(23)15-20(4)17(3)18-9-7-6-8-10-18/h6-10,16-17H,5,11-15H2,1-4H3/t16?,17-/m0/s1. The molecule has 0 saturated carbocycles. The second-order valence-corrected chi connectivity index (χ2v) is 6.68. The molecule has 0 radical (unpaired) electrons. The molecular weight excluding hydrogens is 286 g/mol. The molecule has 2 rings (SSSR count). The van der Waals surface area contributed by atoms with Crippen LogP contribution in [0.2, 0.25) is 0 Å². The Morgan fingerprint density at radius 2 is 1.74 bits per heavy atom. The molecule has 1 heterocycles. The smallest absolute Gasteiger partial charge is 0.236 e. The summed E-state index contributed by atoms with van der Waals surface area (Å²) in [6, 6.07) is 11.2. The third kappa shape index (κ3) is 4.79. The van der Waals surface area contributed by atoms with Gasteiger partial charge in [-0.25, -0.2) is 0 Å². The van der Waals surface area contributed by atoms with Crippen molar-refractivity contribution in [2.24, 2.45) is 0 Å². The van der Waals surface area contributed by atoms with Crippen LogP contribution in [0.25, 0.3) is 0 Å². The molecule has 0 aromatic heterocycles. The summed E-state index contributed by atoms with van der Waals surface area (Å²) in [6.45, 7) is 10.8. The Morgan fingerprint density at radius 3 is 2.30 bits per heavy atom. The second-order valence-electron chi connectivity index (χ2n) is 6.68. The van der Waals surface area contributed by atoms with E-state index in [0.29, 0.717) is 12.6 Å². The van der Waals surface area contributed by atoms with Crippen LogP contribution in [0.4, 0.5) is 0 Å². The van der Waals surface area contributed by atoms with E-state index < -0.39 is 0 Å². The Labute approximate surface area is 141 Å². The number of carbonyl (C=O) groups is 1. The highest BCUT2D eigenvalue weighted by atomic mass is 16.2. The SMILES string of the molecule is CCC(C)N1CCN(C(=O)CN(C)[C@@H](C)c2ccccc2)CC1. The van der Waals surface area contributed by atoms with Crippen LogP contribution < -0.4 is 0 Å². The van der Waals surface area contributed by atoms with Crippen molar-refractivity contribution in [2.45, 2.75) is 39.3 Å². The normalized spacial score (nSPS) is 18.9. The molecule has 4 heteroatoms. The van der Waals surface area contributed by atoms with Gasteiger partial charge in [-0.15, -0.1) is 0 Å². The summed E-state index contributed by atoms with van der Waals surface area (Å²) in [6.07, 6.45) is 1.17. The first-order valence-electron chi connectivity index (χ1n) is 8.80. The average molecular weight is 317 g/mol. The van der Waals surface area contributed by atoms with Crippen molar-refractivity contribution >= 4 is 5.91 Å². The van der Waals surface area contributed by atoms with Crippen molar-refractivity contribution in [3.8, 4) is 0 Å². The lowest BCUT2D eigenvalue weighted by Gasteiger charge is -2.38. The van der Waals surface area contributed by atoms with Crippen LogP contribution in [0.1, 0.15) is 38.8 Å². The number of rotatable bonds is 6. The van der Waals surface area contributed by atoms with Crippen molar-refractivity contribution in [3.05, 3.63) is 35.9 Å². The summed E-state index contributed by atoms with van der Waals surface area (Å²) in [5.41, 5.74) is 1.25. The lowest BCUT2D eigenvalue weighted by atomic mass is 10.1. The van der Waals surface area contributed by atoms with Gasteiger partial charge in [0.2, 0.25) is 5.91 Å². The summed E-state index contributed by atoms with van der Waals surface area (Å²) in [5.74, 6) is 0.249. The molecule has 128 valence electrons. The third-order valence-corrected chi connectivity index (χ3v) is 5.21. The second kappa shape index (κ2) is 8.46. The van der Waals surface area contributed by atoms with Gasteiger partial charge in [-0.3, -0.25) is 14.6 Å². The van der Waals surface area contributed by atoms with Crippen molar-refractivity contribution in [1.82, 2.24) is 14.7 Å². The maximum atomic E-state index is 12.6. The van der Waals surface area contributed by atoms with Gasteiger partial charge in [0.25, 0.3) is 0 Å². The maximum Gasteiger partial charge on any atom is 0.236 e. The van der Waals surface area contributed by atoms with Crippen LogP contribution in [0.5, 0.6) is 0 Å². The molecule has 1 aliphatic rings. The van der Waals surface area contributed by atoms with E-state index in [1.54, 1.807) is 0 Å². The Kier molecular flexibility index (Phi) is 6.60. The van der Waals surface area contributed by atoms with E-state index in [2.05, 4.69) is 54.8 Å². The zero-order chi connectivity index (χ0) is 16.8. The minimum absolute atomic E-state index is 0.249. The zero-order valence-corrected chi connectivity index (χ0v) is 15.0. The fraction of sp³-hybridized carbons (Fsp3) is 0.632. The van der Waals surface area contributed by atoms with Gasteiger partial charge in [-0.2, -0.15) is 0 Å². The Morgan fingerprint density at radius 1 is 1.13 bits per heavy atom. The van der Waals surface area contributed by atoms with Gasteiger partial charge in [0, 0.05) is 38.3 Å². The molecule has 4 nitrogen and oxygen atoms in total. The summed E-state index contributed by atoms with van der Waals surface area (Å²) in [4.78, 5) is 19.2. The Hall–Kier alpha value is -1.39. The summed E-state index contributed by atoms with van der Waals surface area (Å²) in [7, 11) is 2.03. The van der Waals surface area contributed by atoms with Crippen LogP contribution >= 0.6 is 0 Å². The number of benzene rings is 1. The Balaban J connectivity index is 1.83. The van der Waals surface area contributed by atoms with Crippen molar-refractivity contribution in [1.29, 1.82) is 0 Å². The average Bonchev–Trinajstić information content (AvgIpc) is 2.61. The van der Waals surface area contributed by atoms with Gasteiger partial charge in [0.1, 0.15) is 0 Å². The van der Waals surface area contributed by atoms with Crippen LogP contribution in [0, 0.1) is 0 Å². The number of nitrogens with zero attached hydrogens (tertiary/aromatic N) is 3. The van der Waals surface area contributed by atoms with Gasteiger partial charge in [0.05, 0.1) is 6.54 Å². The van der Waals surface area contributed by atoms with E-state index in [9.17, 15) is 4.79 Å². The van der Waals surface area contributed by atoms with E-state index in [1.165, 1.54) is 12.0 Å². The van der Waals surface area contributed by atoms with E-state index in [0.717, 1.165) is 26.2 Å². The molecule has 0 N–H and O–H groups in total. The van der Waals surface area contributed by atoms with Crippen molar-refractivity contribution in [2.75, 3.05) is 39.8 Å². The first-order valence-corrected chi connectivity index (χ1v) is 8.80. The lowest BCUT2D eigenvalue weighted by molar-refractivity contribution is -0.134. The first-order chi connectivity index (χ1) is 11.0. The molecule has 1 saturated heterocycles. The summed E-state index contributed by atoms with van der Waals surface area (Å²) in [5, 5.41) is 0. The molecular formula is C19H31N3O. The molecule has 0 aliphatic carbocycles. The minimum Gasteiger partial charge on any atom is -0.339 e. The highest BCUT2D eigenvalue weighted by molar-refractivity contribution is 5.78. The van der Waals surface area contributed by atoms with Crippen LogP contribution in [0.3, 0.4) is 0 Å². The highest BCUT2D eigenvalue weighted by Crippen LogP contribution is 2.18. The monoisotopic (exact) mass is 317 g/mol. The van der Waals surface area contributed by atoms with Gasteiger partial charge in [0.15, 0.2) is 0 Å². The number of amides is 1. The number of hydrogen-bond donors (Lipinski definition) is 0. The Bertz CT molecular complexity index is 483. The molecule has 0 bridgehead atoms. The number of carbonyl (C=O) groups excluding carboxylic acids is 1. The predicted octanol–water partition coefficient (Wildman–Crippen LogP) is 2.62. The minimum atomic E-state index is 0.249. The fourth-order valence-electron chi connectivity index (χ4n) is 3.11. The predicted molar refractivity (Wildman–Crippen MR) is 95.4 cm³/mol. The highest BCUT2D eigenvalue weighted by Gasteiger charge is 2.24. The lowest BCUT2D eigenvalue weighted by Crippen LogP contribution is -2.53. The molecule has 1 unspecified atom stereocenters. The molecule has 1 aromatic rings. The molecule has 23 heavy (non-hydrogen) atoms. The maximum absolute atomic E-state index is 12.6. The third-order valence-electron chi connectivity index (χ3n) is 5.21. The van der Waals surface area contributed by atoms with Crippen LogP contribution in [-0.4, -0.2) is 66.4 Å². The van der Waals surface area contributed by atoms with Gasteiger partial charge in [-0.1, -0.05) is 37.3 Å². The van der Waals surface area contributed by atoms with Crippen molar-refractivity contribution < 1.29 is 4.79 Å². The molecule has 2 atom stereocenters. The zero-order valence-electron chi connectivity index (χ0n) is 15.0. The number of piperazine rings is 1. The van der Waals surface area contributed by atoms with Gasteiger partial charge in [-0.05, 0) is 32.9 Å². The van der Waals surface area contributed by atoms with E-state index in [4.69, 9.17) is 0 Å². The largest absolute Gasteiger partial charge is 0.339 e. The topological polar surface area (TPSA) is 26.8 Å². The van der Waals surface area contributed by atoms with Crippen LogP contribution in [-0.2, 0) is 4.79 Å². The molecule has 1 fully saturated rings. The van der Waals surface area contributed by atoms with Gasteiger partial charge < -0.3 is 4.90 Å². The number of likely N-dealkylation sites (N-methyl/N-ethyl adjacent to an activating group) is 1. The molecule has 1 amide bonds. The molecule has 1 aromatic carbocycles. The molecule has 0 spiro atoms. The number of hydrogen-bond acceptors (Lipinski definition) is 3. The molecule has 1 aliphatic heterocycles. The fourth-order valence-corrected chi connectivity index (χ4v) is 3.11. The quantitative estimate of drug-likeness (QED) is 0.807. The summed E-state index contributed by atoms with van der Waals surface area (Å²) >= 11 is 0. The van der Waals surface area contributed by atoms with Gasteiger partial charge >= 0.3 is 0 Å². The summed E-state index contributed by atoms with van der Waals surface area (Å²) < 4.78 is 0.